The van der Waals surface area contributed by atoms with E-state index < -0.39 is 10.0 Å². The van der Waals surface area contributed by atoms with E-state index in [9.17, 15) is 8.42 Å². The largest absolute Gasteiger partial charge is 0.214 e. The van der Waals surface area contributed by atoms with Gasteiger partial charge in [0.2, 0.25) is 10.0 Å². The molecule has 0 aromatic heterocycles. The Kier molecular flexibility index (Phi) is 2.47. The van der Waals surface area contributed by atoms with Crippen LogP contribution in [0.3, 0.4) is 0 Å². The molecule has 1 aliphatic heterocycles. The van der Waals surface area contributed by atoms with Crippen LogP contribution >= 0.6 is 0 Å². The molecule has 0 atom stereocenters. The second kappa shape index (κ2) is 3.20. The Morgan fingerprint density at radius 3 is 2.73 bits per heavy atom. The average Bonchev–Trinajstić information content (AvgIpc) is 2.25. The summed E-state index contributed by atoms with van der Waals surface area (Å²) in [6.07, 6.45) is 0.993. The maximum atomic E-state index is 11.1. The summed E-state index contributed by atoms with van der Waals surface area (Å²) in [5.41, 5.74) is 0. The molecule has 11 heavy (non-hydrogen) atoms. The molecule has 0 bridgehead atoms. The van der Waals surface area contributed by atoms with Crippen molar-refractivity contribution >= 4 is 10.0 Å². The summed E-state index contributed by atoms with van der Waals surface area (Å²) in [5, 5.41) is 8.23. The van der Waals surface area contributed by atoms with E-state index in [1.165, 1.54) is 4.31 Å². The molecule has 1 fully saturated rings. The van der Waals surface area contributed by atoms with E-state index in [1.807, 2.05) is 6.07 Å². The van der Waals surface area contributed by atoms with Gasteiger partial charge in [0.25, 0.3) is 0 Å². The Labute approximate surface area is 66.5 Å². The fourth-order valence-electron chi connectivity index (χ4n) is 1.12. The van der Waals surface area contributed by atoms with Crippen LogP contribution in [-0.4, -0.2) is 31.6 Å². The van der Waals surface area contributed by atoms with Gasteiger partial charge in [-0.15, -0.1) is 0 Å². The summed E-state index contributed by atoms with van der Waals surface area (Å²) < 4.78 is 23.6. The highest BCUT2D eigenvalue weighted by Crippen LogP contribution is 2.12. The third-order valence-electron chi connectivity index (χ3n) is 1.68. The first-order valence-corrected chi connectivity index (χ1v) is 5.12. The van der Waals surface area contributed by atoms with Crippen molar-refractivity contribution < 1.29 is 8.42 Å². The summed E-state index contributed by atoms with van der Waals surface area (Å²) in [5.74, 6) is 0.248. The quantitative estimate of drug-likeness (QED) is 0.589. The van der Waals surface area contributed by atoms with Gasteiger partial charge in [0.05, 0.1) is 11.8 Å². The molecule has 1 rings (SSSR count). The van der Waals surface area contributed by atoms with E-state index in [4.69, 9.17) is 5.26 Å². The minimum absolute atomic E-state index is 0.248. The van der Waals surface area contributed by atoms with E-state index in [-0.39, 0.29) is 5.75 Å². The molecular formula is C6H10N2O2S. The molecule has 1 saturated heterocycles. The number of nitriles is 1. The zero-order valence-corrected chi connectivity index (χ0v) is 6.97. The van der Waals surface area contributed by atoms with E-state index in [2.05, 4.69) is 0 Å². The van der Waals surface area contributed by atoms with Gasteiger partial charge in [0, 0.05) is 19.5 Å². The van der Waals surface area contributed by atoms with Gasteiger partial charge in [-0.05, 0) is 6.42 Å². The summed E-state index contributed by atoms with van der Waals surface area (Å²) in [7, 11) is -2.98. The highest BCUT2D eigenvalue weighted by Gasteiger charge is 2.27. The molecule has 0 amide bonds. The lowest BCUT2D eigenvalue weighted by Crippen LogP contribution is -2.26. The maximum Gasteiger partial charge on any atom is 0.214 e. The Hall–Kier alpha value is -0.600. The van der Waals surface area contributed by atoms with E-state index >= 15 is 0 Å². The van der Waals surface area contributed by atoms with Crippen molar-refractivity contribution in [3.05, 3.63) is 0 Å². The molecule has 1 aliphatic rings. The molecule has 0 unspecified atom stereocenters. The van der Waals surface area contributed by atoms with Crippen LogP contribution in [-0.2, 0) is 10.0 Å². The van der Waals surface area contributed by atoms with Crippen molar-refractivity contribution in [2.24, 2.45) is 0 Å². The molecule has 1 heterocycles. The monoisotopic (exact) mass is 174 g/mol. The fourth-order valence-corrected chi connectivity index (χ4v) is 2.65. The molecule has 0 spiro atoms. The Morgan fingerprint density at radius 2 is 2.27 bits per heavy atom. The van der Waals surface area contributed by atoms with E-state index in [0.29, 0.717) is 25.9 Å². The number of nitrogens with zero attached hydrogens (tertiary/aromatic N) is 2. The van der Waals surface area contributed by atoms with Gasteiger partial charge in [0.15, 0.2) is 0 Å². The smallest absolute Gasteiger partial charge is 0.212 e. The normalized spacial score (nSPS) is 23.2. The molecule has 0 radical (unpaired) electrons. The number of rotatable bonds is 2. The maximum absolute atomic E-state index is 11.1. The van der Waals surface area contributed by atoms with Crippen molar-refractivity contribution in [1.29, 1.82) is 5.26 Å². The first-order valence-electron chi connectivity index (χ1n) is 3.51. The molecule has 0 aromatic rings. The SMILES string of the molecule is N#CCCN1CCCS1(=O)=O. The van der Waals surface area contributed by atoms with Crippen LogP contribution in [0.5, 0.6) is 0 Å². The topological polar surface area (TPSA) is 61.2 Å². The molecule has 62 valence electrons. The summed E-state index contributed by atoms with van der Waals surface area (Å²) >= 11 is 0. The fraction of sp³-hybridized carbons (Fsp3) is 0.833. The van der Waals surface area contributed by atoms with Crippen molar-refractivity contribution in [2.45, 2.75) is 12.8 Å². The Bertz CT molecular complexity index is 265. The molecule has 0 aromatic carbocycles. The lowest BCUT2D eigenvalue weighted by atomic mass is 10.4. The van der Waals surface area contributed by atoms with E-state index in [0.717, 1.165) is 0 Å². The van der Waals surface area contributed by atoms with Gasteiger partial charge in [-0.1, -0.05) is 0 Å². The molecular weight excluding hydrogens is 164 g/mol. The zero-order chi connectivity index (χ0) is 8.32. The molecule has 0 aliphatic carbocycles. The van der Waals surface area contributed by atoms with E-state index in [1.54, 1.807) is 0 Å². The van der Waals surface area contributed by atoms with Crippen LogP contribution in [0.4, 0.5) is 0 Å². The van der Waals surface area contributed by atoms with Gasteiger partial charge >= 0.3 is 0 Å². The lowest BCUT2D eigenvalue weighted by molar-refractivity contribution is 0.451. The molecule has 4 nitrogen and oxygen atoms in total. The second-order valence-electron chi connectivity index (χ2n) is 2.48. The standard InChI is InChI=1S/C6H10N2O2S/c7-3-1-4-8-5-2-6-11(8,9)10/h1-2,4-6H2. The summed E-state index contributed by atoms with van der Waals surface area (Å²) in [6.45, 7) is 0.947. The zero-order valence-electron chi connectivity index (χ0n) is 6.15. The van der Waals surface area contributed by atoms with Crippen molar-refractivity contribution in [3.8, 4) is 6.07 Å². The van der Waals surface area contributed by atoms with Crippen molar-refractivity contribution in [1.82, 2.24) is 4.31 Å². The van der Waals surface area contributed by atoms with Gasteiger partial charge in [-0.2, -0.15) is 5.26 Å². The highest BCUT2D eigenvalue weighted by molar-refractivity contribution is 7.89. The third kappa shape index (κ3) is 1.91. The highest BCUT2D eigenvalue weighted by atomic mass is 32.2. The van der Waals surface area contributed by atoms with Gasteiger partial charge in [0.1, 0.15) is 0 Å². The van der Waals surface area contributed by atoms with Crippen molar-refractivity contribution in [2.75, 3.05) is 18.8 Å². The number of sulfonamides is 1. The minimum atomic E-state index is -2.98. The first-order chi connectivity index (χ1) is 5.17. The lowest BCUT2D eigenvalue weighted by Gasteiger charge is -2.10. The number of hydrogen-bond donors (Lipinski definition) is 0. The summed E-state index contributed by atoms with van der Waals surface area (Å²) in [4.78, 5) is 0. The van der Waals surface area contributed by atoms with Gasteiger partial charge in [-0.25, -0.2) is 12.7 Å². The molecule has 5 heteroatoms. The van der Waals surface area contributed by atoms with Gasteiger partial charge < -0.3 is 0 Å². The molecule has 0 N–H and O–H groups in total. The Balaban J connectivity index is 2.54. The van der Waals surface area contributed by atoms with Gasteiger partial charge in [-0.3, -0.25) is 0 Å². The first kappa shape index (κ1) is 8.50. The van der Waals surface area contributed by atoms with Crippen LogP contribution in [0, 0.1) is 11.3 Å². The van der Waals surface area contributed by atoms with Crippen LogP contribution < -0.4 is 0 Å². The van der Waals surface area contributed by atoms with Crippen LogP contribution in [0.25, 0.3) is 0 Å². The predicted molar refractivity (Wildman–Crippen MR) is 40.2 cm³/mol. The van der Waals surface area contributed by atoms with Crippen LogP contribution in [0.1, 0.15) is 12.8 Å². The van der Waals surface area contributed by atoms with Crippen LogP contribution in [0.2, 0.25) is 0 Å². The number of hydrogen-bond acceptors (Lipinski definition) is 3. The van der Waals surface area contributed by atoms with Crippen LogP contribution in [0.15, 0.2) is 0 Å². The third-order valence-corrected chi connectivity index (χ3v) is 3.63. The minimum Gasteiger partial charge on any atom is -0.212 e. The Morgan fingerprint density at radius 1 is 1.55 bits per heavy atom. The predicted octanol–water partition coefficient (Wildman–Crippen LogP) is -0.0644. The summed E-state index contributed by atoms with van der Waals surface area (Å²) in [6, 6.07) is 1.93. The average molecular weight is 174 g/mol. The second-order valence-corrected chi connectivity index (χ2v) is 4.57. The van der Waals surface area contributed by atoms with Crippen molar-refractivity contribution in [3.63, 3.8) is 0 Å². The molecule has 0 saturated carbocycles.